The maximum atomic E-state index is 13.1. The van der Waals surface area contributed by atoms with Gasteiger partial charge in [-0.3, -0.25) is 37.3 Å². The highest BCUT2D eigenvalue weighted by molar-refractivity contribution is 7.47. The number of phosphoric acid groups is 2. The Kier molecular flexibility index (Phi) is 73.1. The maximum absolute atomic E-state index is 13.1. The van der Waals surface area contributed by atoms with Crippen LogP contribution in [0.25, 0.3) is 0 Å². The van der Waals surface area contributed by atoms with E-state index in [1.54, 1.807) is 0 Å². The minimum Gasteiger partial charge on any atom is -0.462 e. The highest BCUT2D eigenvalue weighted by Gasteiger charge is 2.30. The lowest BCUT2D eigenvalue weighted by atomic mass is 9.99. The molecule has 0 fully saturated rings. The fourth-order valence-electron chi connectivity index (χ4n) is 12.9. The average Bonchev–Trinajstić information content (AvgIpc) is 0.916. The van der Waals surface area contributed by atoms with Crippen molar-refractivity contribution in [3.63, 3.8) is 0 Å². The van der Waals surface area contributed by atoms with Gasteiger partial charge in [0.05, 0.1) is 26.4 Å². The van der Waals surface area contributed by atoms with Gasteiger partial charge in [-0.15, -0.1) is 0 Å². The summed E-state index contributed by atoms with van der Waals surface area (Å²) in [6.07, 6.45) is 65.2. The van der Waals surface area contributed by atoms with Crippen LogP contribution in [0.3, 0.4) is 0 Å². The zero-order chi connectivity index (χ0) is 74.9. The number of ether oxygens (including phenoxy) is 4. The molecule has 0 amide bonds. The summed E-state index contributed by atoms with van der Waals surface area (Å²) in [5.74, 6) is -0.528. The molecule has 0 aliphatic carbocycles. The number of aliphatic hydroxyl groups is 1. The van der Waals surface area contributed by atoms with Crippen LogP contribution < -0.4 is 0 Å². The summed E-state index contributed by atoms with van der Waals surface area (Å²) in [4.78, 5) is 73.1. The van der Waals surface area contributed by atoms with Crippen molar-refractivity contribution in [1.82, 2.24) is 0 Å². The van der Waals surface area contributed by atoms with Gasteiger partial charge >= 0.3 is 39.5 Å². The number of carbonyl (C=O) groups is 4. The number of rotatable bonds is 82. The predicted molar refractivity (Wildman–Crippen MR) is 418 cm³/mol. The number of aliphatic hydroxyl groups excluding tert-OH is 1. The normalized spacial score (nSPS) is 14.1. The number of unbranched alkanes of at least 4 members (excludes halogenated alkanes) is 51. The molecule has 606 valence electrons. The topological polar surface area (TPSA) is 237 Å². The Labute approximate surface area is 626 Å². The Bertz CT molecular complexity index is 1960. The Balaban J connectivity index is 5.24. The van der Waals surface area contributed by atoms with Crippen molar-refractivity contribution in [2.45, 2.75) is 458 Å². The van der Waals surface area contributed by atoms with Crippen LogP contribution in [0.2, 0.25) is 0 Å². The summed E-state index contributed by atoms with van der Waals surface area (Å²) in [6, 6.07) is 0. The molecule has 0 rings (SSSR count). The van der Waals surface area contributed by atoms with E-state index >= 15 is 0 Å². The van der Waals surface area contributed by atoms with Crippen molar-refractivity contribution in [1.29, 1.82) is 0 Å². The standard InChI is InChI=1S/C83H162O17P2/c1-7-10-12-14-16-18-20-22-23-24-25-26-30-33-37-41-48-54-60-66-81(86)93-71-78(99-82(87)67-61-55-49-42-38-34-31-28-27-29-32-35-39-45-51-57-63-75(4)5)73-97-101(89,90)95-69-77(84)70-96-102(91,92)98-74-79(100-83(88)68-62-56-50-44-43-46-52-58-64-76(6)9-3)72-94-80(85)65-59-53-47-40-36-21-19-17-15-13-11-8-2/h75-79,84H,7-74H2,1-6H3,(H,89,90)(H,91,92)/t76?,77-,78-,79-/m1/s1. The lowest BCUT2D eigenvalue weighted by Gasteiger charge is -2.21. The van der Waals surface area contributed by atoms with Gasteiger partial charge in [0.1, 0.15) is 19.3 Å². The van der Waals surface area contributed by atoms with Crippen molar-refractivity contribution in [3.05, 3.63) is 0 Å². The molecule has 0 aliphatic heterocycles. The molecule has 0 heterocycles. The molecule has 19 heteroatoms. The van der Waals surface area contributed by atoms with Crippen molar-refractivity contribution in [2.24, 2.45) is 11.8 Å². The quantitative estimate of drug-likeness (QED) is 0.0222. The molecule has 0 aromatic rings. The van der Waals surface area contributed by atoms with Gasteiger partial charge in [0, 0.05) is 25.7 Å². The molecule has 0 saturated carbocycles. The summed E-state index contributed by atoms with van der Waals surface area (Å²) in [5.41, 5.74) is 0. The Morgan fingerprint density at radius 1 is 0.284 bits per heavy atom. The fraction of sp³-hybridized carbons (Fsp3) is 0.952. The third kappa shape index (κ3) is 74.9. The van der Waals surface area contributed by atoms with Crippen LogP contribution in [-0.2, 0) is 65.4 Å². The van der Waals surface area contributed by atoms with E-state index in [0.717, 1.165) is 102 Å². The molecule has 0 bridgehead atoms. The first-order valence-electron chi connectivity index (χ1n) is 43.0. The van der Waals surface area contributed by atoms with Crippen LogP contribution >= 0.6 is 15.6 Å². The summed E-state index contributed by atoms with van der Waals surface area (Å²) in [6.45, 7) is 9.68. The molecular weight excluding hydrogens is 1330 g/mol. The molecule has 0 aromatic carbocycles. The Hall–Kier alpha value is -1.94. The molecule has 6 atom stereocenters. The monoisotopic (exact) mass is 1490 g/mol. The first kappa shape index (κ1) is 100. The second-order valence-electron chi connectivity index (χ2n) is 30.6. The molecule has 102 heavy (non-hydrogen) atoms. The van der Waals surface area contributed by atoms with Gasteiger partial charge in [-0.2, -0.15) is 0 Å². The second-order valence-corrected chi connectivity index (χ2v) is 33.5. The first-order chi connectivity index (χ1) is 49.4. The van der Waals surface area contributed by atoms with E-state index in [2.05, 4.69) is 41.5 Å². The van der Waals surface area contributed by atoms with Gasteiger partial charge in [0.15, 0.2) is 12.2 Å². The average molecular weight is 1490 g/mol. The SMILES string of the molecule is CCCCCCCCCCCCCCCCCCCCCC(=O)OC[C@H](COP(=O)(O)OC[C@@H](O)COP(=O)(O)OC[C@@H](COC(=O)CCCCCCCCCCCCCC)OC(=O)CCCCCCCCCCC(C)CC)OC(=O)CCCCCCCCCCCCCCCCCCC(C)C. The van der Waals surface area contributed by atoms with Gasteiger partial charge < -0.3 is 33.8 Å². The van der Waals surface area contributed by atoms with Crippen molar-refractivity contribution < 1.29 is 80.2 Å². The molecule has 0 radical (unpaired) electrons. The van der Waals surface area contributed by atoms with E-state index in [1.807, 2.05) is 0 Å². The van der Waals surface area contributed by atoms with Crippen LogP contribution in [0.4, 0.5) is 0 Å². The minimum absolute atomic E-state index is 0.106. The van der Waals surface area contributed by atoms with E-state index in [-0.39, 0.29) is 25.7 Å². The third-order valence-electron chi connectivity index (χ3n) is 19.8. The molecule has 0 spiro atoms. The van der Waals surface area contributed by atoms with Crippen molar-refractivity contribution >= 4 is 39.5 Å². The maximum Gasteiger partial charge on any atom is 0.472 e. The number of carbonyl (C=O) groups excluding carboxylic acids is 4. The molecule has 0 aromatic heterocycles. The zero-order valence-corrected chi connectivity index (χ0v) is 68.7. The largest absolute Gasteiger partial charge is 0.472 e. The van der Waals surface area contributed by atoms with Crippen LogP contribution in [0.15, 0.2) is 0 Å². The Morgan fingerprint density at radius 2 is 0.500 bits per heavy atom. The summed E-state index contributed by atoms with van der Waals surface area (Å²) < 4.78 is 68.8. The molecule has 17 nitrogen and oxygen atoms in total. The van der Waals surface area contributed by atoms with Crippen LogP contribution in [-0.4, -0.2) is 96.7 Å². The van der Waals surface area contributed by atoms with Crippen molar-refractivity contribution in [2.75, 3.05) is 39.6 Å². The van der Waals surface area contributed by atoms with E-state index < -0.39 is 97.5 Å². The molecule has 0 aliphatic rings. The van der Waals surface area contributed by atoms with Gasteiger partial charge in [-0.05, 0) is 37.5 Å². The number of hydrogen-bond acceptors (Lipinski definition) is 15. The van der Waals surface area contributed by atoms with E-state index in [1.165, 1.54) is 257 Å². The summed E-state index contributed by atoms with van der Waals surface area (Å²) >= 11 is 0. The molecule has 3 N–H and O–H groups in total. The third-order valence-corrected chi connectivity index (χ3v) is 21.7. The van der Waals surface area contributed by atoms with Gasteiger partial charge in [0.25, 0.3) is 0 Å². The van der Waals surface area contributed by atoms with Crippen LogP contribution in [0.5, 0.6) is 0 Å². The van der Waals surface area contributed by atoms with Crippen LogP contribution in [0.1, 0.15) is 440 Å². The van der Waals surface area contributed by atoms with E-state index in [0.29, 0.717) is 25.7 Å². The summed E-state index contributed by atoms with van der Waals surface area (Å²) in [5, 5.41) is 10.7. The fourth-order valence-corrected chi connectivity index (χ4v) is 14.4. The smallest absolute Gasteiger partial charge is 0.462 e. The highest BCUT2D eigenvalue weighted by Crippen LogP contribution is 2.45. The lowest BCUT2D eigenvalue weighted by molar-refractivity contribution is -0.161. The Morgan fingerprint density at radius 3 is 0.745 bits per heavy atom. The molecular formula is C83H162O17P2. The van der Waals surface area contributed by atoms with E-state index in [9.17, 15) is 43.2 Å². The number of esters is 4. The van der Waals surface area contributed by atoms with Gasteiger partial charge in [-0.25, -0.2) is 9.13 Å². The van der Waals surface area contributed by atoms with Gasteiger partial charge in [-0.1, -0.05) is 388 Å². The first-order valence-corrected chi connectivity index (χ1v) is 46.0. The minimum atomic E-state index is -4.96. The van der Waals surface area contributed by atoms with Gasteiger partial charge in [0.2, 0.25) is 0 Å². The molecule has 0 saturated heterocycles. The molecule has 3 unspecified atom stereocenters. The van der Waals surface area contributed by atoms with E-state index in [4.69, 9.17) is 37.0 Å². The highest BCUT2D eigenvalue weighted by atomic mass is 31.2. The van der Waals surface area contributed by atoms with Crippen LogP contribution in [0, 0.1) is 11.8 Å². The van der Waals surface area contributed by atoms with Crippen molar-refractivity contribution in [3.8, 4) is 0 Å². The zero-order valence-electron chi connectivity index (χ0n) is 66.9. The predicted octanol–water partition coefficient (Wildman–Crippen LogP) is 25.1. The lowest BCUT2D eigenvalue weighted by Crippen LogP contribution is -2.30. The second kappa shape index (κ2) is 74.5. The number of phosphoric ester groups is 2. The number of hydrogen-bond donors (Lipinski definition) is 3. The summed E-state index contributed by atoms with van der Waals surface area (Å²) in [7, 11) is -9.92.